The van der Waals surface area contributed by atoms with Crippen LogP contribution in [0.4, 0.5) is 4.39 Å². The summed E-state index contributed by atoms with van der Waals surface area (Å²) in [6, 6.07) is 4.94. The summed E-state index contributed by atoms with van der Waals surface area (Å²) in [5.74, 6) is 0.559. The molecule has 2 atom stereocenters. The van der Waals surface area contributed by atoms with Gasteiger partial charge in [-0.1, -0.05) is 0 Å². The normalized spacial score (nSPS) is 23.4. The van der Waals surface area contributed by atoms with Crippen LogP contribution in [0.2, 0.25) is 0 Å². The van der Waals surface area contributed by atoms with Crippen molar-refractivity contribution < 1.29 is 9.13 Å². The molecule has 0 bridgehead atoms. The second kappa shape index (κ2) is 5.25. The molecule has 3 rings (SSSR count). The Kier molecular flexibility index (Phi) is 3.70. The van der Waals surface area contributed by atoms with E-state index in [2.05, 4.69) is 23.4 Å². The zero-order chi connectivity index (χ0) is 15.2. The number of alkyl halides is 1. The molecule has 2 heterocycles. The van der Waals surface area contributed by atoms with Crippen molar-refractivity contribution in [2.45, 2.75) is 50.6 Å². The monoisotopic (exact) mass is 310 g/mol. The van der Waals surface area contributed by atoms with E-state index >= 15 is 0 Å². The summed E-state index contributed by atoms with van der Waals surface area (Å²) >= 11 is 6.30. The average molecular weight is 311 g/mol. The van der Waals surface area contributed by atoms with Crippen molar-refractivity contribution in [2.24, 2.45) is 0 Å². The Hall–Kier alpha value is -1.13. The minimum absolute atomic E-state index is 0.181. The Labute approximate surface area is 129 Å². The maximum atomic E-state index is 13.6. The molecule has 0 radical (unpaired) electrons. The van der Waals surface area contributed by atoms with Crippen LogP contribution < -0.4 is 0 Å². The van der Waals surface area contributed by atoms with Gasteiger partial charge >= 0.3 is 0 Å². The first-order valence-electron chi connectivity index (χ1n) is 7.33. The molecular formula is C16H20ClFN2O. The first-order valence-corrected chi connectivity index (χ1v) is 7.76. The molecule has 2 unspecified atom stereocenters. The zero-order valence-electron chi connectivity index (χ0n) is 12.6. The molecule has 1 fully saturated rings. The summed E-state index contributed by atoms with van der Waals surface area (Å²) in [5.41, 5.74) is 1.43. The number of hydrogen-bond acceptors (Lipinski definition) is 2. The highest BCUT2D eigenvalue weighted by atomic mass is 35.5. The molecule has 1 aromatic heterocycles. The second-order valence-electron chi connectivity index (χ2n) is 6.34. The van der Waals surface area contributed by atoms with Crippen LogP contribution >= 0.6 is 11.6 Å². The molecule has 1 aliphatic heterocycles. The van der Waals surface area contributed by atoms with E-state index in [1.54, 1.807) is 12.1 Å². The molecule has 114 valence electrons. The highest BCUT2D eigenvalue weighted by molar-refractivity contribution is 6.20. The molecule has 0 amide bonds. The Morgan fingerprint density at radius 2 is 2.24 bits per heavy atom. The number of benzene rings is 1. The molecule has 21 heavy (non-hydrogen) atoms. The van der Waals surface area contributed by atoms with Crippen LogP contribution in [0.25, 0.3) is 11.0 Å². The summed E-state index contributed by atoms with van der Waals surface area (Å²) in [5, 5.41) is -0.216. The van der Waals surface area contributed by atoms with Gasteiger partial charge in [-0.25, -0.2) is 9.37 Å². The lowest BCUT2D eigenvalue weighted by Crippen LogP contribution is -2.35. The van der Waals surface area contributed by atoms with Gasteiger partial charge in [-0.2, -0.15) is 0 Å². The van der Waals surface area contributed by atoms with Crippen LogP contribution in [-0.4, -0.2) is 21.8 Å². The highest BCUT2D eigenvalue weighted by Gasteiger charge is 2.32. The Morgan fingerprint density at radius 1 is 1.48 bits per heavy atom. The van der Waals surface area contributed by atoms with Gasteiger partial charge in [-0.15, -0.1) is 11.6 Å². The molecule has 5 heteroatoms. The number of fused-ring (bicyclic) bond motifs is 1. The molecule has 2 aromatic rings. The van der Waals surface area contributed by atoms with E-state index in [9.17, 15) is 4.39 Å². The molecule has 1 aliphatic rings. The van der Waals surface area contributed by atoms with Gasteiger partial charge in [0.05, 0.1) is 22.0 Å². The second-order valence-corrected chi connectivity index (χ2v) is 7.00. The lowest BCUT2D eigenvalue weighted by molar-refractivity contribution is -0.0688. The summed E-state index contributed by atoms with van der Waals surface area (Å²) in [7, 11) is 0. The predicted octanol–water partition coefficient (Wildman–Crippen LogP) is 4.61. The van der Waals surface area contributed by atoms with Crippen LogP contribution in [0.5, 0.6) is 0 Å². The SMILES string of the molecule is CC(Cl)c1nc2ccc(F)cc2n1C1CCOC(C)(C)C1. The Bertz CT molecular complexity index is 666. The van der Waals surface area contributed by atoms with Gasteiger partial charge in [0.1, 0.15) is 11.6 Å². The first-order chi connectivity index (χ1) is 9.87. The lowest BCUT2D eigenvalue weighted by atomic mass is 9.93. The molecule has 0 N–H and O–H groups in total. The summed E-state index contributed by atoms with van der Waals surface area (Å²) < 4.78 is 21.5. The third-order valence-corrected chi connectivity index (χ3v) is 4.27. The number of aromatic nitrogens is 2. The van der Waals surface area contributed by atoms with Gasteiger partial charge in [0.2, 0.25) is 0 Å². The number of hydrogen-bond donors (Lipinski definition) is 0. The fourth-order valence-electron chi connectivity index (χ4n) is 3.17. The van der Waals surface area contributed by atoms with Crippen molar-refractivity contribution in [2.75, 3.05) is 6.61 Å². The zero-order valence-corrected chi connectivity index (χ0v) is 13.3. The van der Waals surface area contributed by atoms with E-state index in [1.165, 1.54) is 6.07 Å². The standard InChI is InChI=1S/C16H20ClFN2O/c1-10(17)15-19-13-5-4-11(18)8-14(13)20(15)12-6-7-21-16(2,3)9-12/h4-5,8,10,12H,6-7,9H2,1-3H3. The Balaban J connectivity index is 2.14. The smallest absolute Gasteiger partial charge is 0.127 e. The third kappa shape index (κ3) is 2.79. The summed E-state index contributed by atoms with van der Waals surface area (Å²) in [6.45, 7) is 6.77. The molecule has 0 saturated carbocycles. The van der Waals surface area contributed by atoms with E-state index in [0.29, 0.717) is 6.61 Å². The molecular weight excluding hydrogens is 291 g/mol. The van der Waals surface area contributed by atoms with Gasteiger partial charge in [0.25, 0.3) is 0 Å². The minimum Gasteiger partial charge on any atom is -0.375 e. The highest BCUT2D eigenvalue weighted by Crippen LogP contribution is 2.37. The number of nitrogens with zero attached hydrogens (tertiary/aromatic N) is 2. The van der Waals surface area contributed by atoms with E-state index in [1.807, 2.05) is 6.92 Å². The van der Waals surface area contributed by atoms with Gasteiger partial charge in [0.15, 0.2) is 0 Å². The number of imidazole rings is 1. The van der Waals surface area contributed by atoms with Crippen molar-refractivity contribution in [3.63, 3.8) is 0 Å². The van der Waals surface area contributed by atoms with Crippen LogP contribution in [0.1, 0.15) is 50.9 Å². The maximum Gasteiger partial charge on any atom is 0.127 e. The van der Waals surface area contributed by atoms with Crippen LogP contribution in [0.3, 0.4) is 0 Å². The molecule has 0 spiro atoms. The van der Waals surface area contributed by atoms with Crippen LogP contribution in [0, 0.1) is 5.82 Å². The van der Waals surface area contributed by atoms with Crippen molar-refractivity contribution in [3.8, 4) is 0 Å². The van der Waals surface area contributed by atoms with Gasteiger partial charge < -0.3 is 9.30 Å². The van der Waals surface area contributed by atoms with Gasteiger partial charge in [-0.3, -0.25) is 0 Å². The van der Waals surface area contributed by atoms with E-state index in [4.69, 9.17) is 16.3 Å². The van der Waals surface area contributed by atoms with Crippen LogP contribution in [0.15, 0.2) is 18.2 Å². The van der Waals surface area contributed by atoms with E-state index < -0.39 is 0 Å². The predicted molar refractivity (Wildman–Crippen MR) is 82.3 cm³/mol. The minimum atomic E-state index is -0.247. The number of rotatable bonds is 2. The van der Waals surface area contributed by atoms with E-state index in [-0.39, 0.29) is 22.8 Å². The van der Waals surface area contributed by atoms with Crippen molar-refractivity contribution in [3.05, 3.63) is 29.8 Å². The summed E-state index contributed by atoms with van der Waals surface area (Å²) in [6.07, 6.45) is 1.76. The van der Waals surface area contributed by atoms with Crippen molar-refractivity contribution >= 4 is 22.6 Å². The number of ether oxygens (including phenoxy) is 1. The molecule has 1 aromatic carbocycles. The van der Waals surface area contributed by atoms with Crippen molar-refractivity contribution in [1.82, 2.24) is 9.55 Å². The Morgan fingerprint density at radius 3 is 2.90 bits per heavy atom. The maximum absolute atomic E-state index is 13.6. The fraction of sp³-hybridized carbons (Fsp3) is 0.562. The lowest BCUT2D eigenvalue weighted by Gasteiger charge is -2.37. The van der Waals surface area contributed by atoms with E-state index in [0.717, 1.165) is 29.7 Å². The van der Waals surface area contributed by atoms with Crippen LogP contribution in [-0.2, 0) is 4.74 Å². The van der Waals surface area contributed by atoms with Gasteiger partial charge in [-0.05, 0) is 51.8 Å². The topological polar surface area (TPSA) is 27.1 Å². The fourth-order valence-corrected chi connectivity index (χ4v) is 3.32. The molecule has 1 saturated heterocycles. The van der Waals surface area contributed by atoms with Crippen molar-refractivity contribution in [1.29, 1.82) is 0 Å². The molecule has 3 nitrogen and oxygen atoms in total. The largest absolute Gasteiger partial charge is 0.375 e. The first kappa shape index (κ1) is 14.8. The number of halogens is 2. The average Bonchev–Trinajstić information content (AvgIpc) is 2.76. The van der Waals surface area contributed by atoms with Gasteiger partial charge in [0, 0.05) is 12.6 Å². The summed E-state index contributed by atoms with van der Waals surface area (Å²) in [4.78, 5) is 4.60. The molecule has 0 aliphatic carbocycles. The quantitative estimate of drug-likeness (QED) is 0.758. The third-order valence-electron chi connectivity index (χ3n) is 4.07.